The number of nitrogens with zero attached hydrogens (tertiary/aromatic N) is 1. The average molecular weight is 352 g/mol. The van der Waals surface area contributed by atoms with Crippen LogP contribution in [0.3, 0.4) is 0 Å². The fourth-order valence-corrected chi connectivity index (χ4v) is 3.41. The van der Waals surface area contributed by atoms with Crippen molar-refractivity contribution in [1.29, 1.82) is 0 Å². The van der Waals surface area contributed by atoms with Crippen LogP contribution in [-0.2, 0) is 5.41 Å². The highest BCUT2D eigenvalue weighted by Crippen LogP contribution is 2.40. The number of hydrogen-bond acceptors (Lipinski definition) is 2. The van der Waals surface area contributed by atoms with Gasteiger partial charge in [-0.05, 0) is 29.9 Å². The Bertz CT molecular complexity index is 834. The first kappa shape index (κ1) is 18.5. The molecule has 0 bridgehead atoms. The van der Waals surface area contributed by atoms with Crippen molar-refractivity contribution < 1.29 is 14.0 Å². The molecule has 0 spiro atoms. The number of rotatable bonds is 5. The topological polar surface area (TPSA) is 21.5 Å². The van der Waals surface area contributed by atoms with Crippen LogP contribution in [0, 0.1) is 0 Å². The van der Waals surface area contributed by atoms with E-state index in [0.717, 1.165) is 23.5 Å². The zero-order valence-corrected chi connectivity index (χ0v) is 16.8. The molecule has 0 saturated heterocycles. The lowest BCUT2D eigenvalue weighted by Crippen LogP contribution is -2.25. The van der Waals surface area contributed by atoms with Gasteiger partial charge >= 0.3 is 0 Å². The van der Waals surface area contributed by atoms with Crippen molar-refractivity contribution in [2.24, 2.45) is 0 Å². The molecule has 0 aromatic heterocycles. The van der Waals surface area contributed by atoms with E-state index in [1.54, 1.807) is 7.11 Å². The summed E-state index contributed by atoms with van der Waals surface area (Å²) in [5, 5.41) is 0. The molecule has 0 atom stereocenters. The quantitative estimate of drug-likeness (QED) is 0.651. The van der Waals surface area contributed by atoms with Crippen LogP contribution in [-0.4, -0.2) is 24.6 Å². The molecule has 0 radical (unpaired) electrons. The number of para-hydroxylation sites is 1. The molecule has 0 amide bonds. The summed E-state index contributed by atoms with van der Waals surface area (Å²) in [6.45, 7) is 11.7. The Morgan fingerprint density at radius 1 is 1.19 bits per heavy atom. The van der Waals surface area contributed by atoms with Crippen LogP contribution in [0.15, 0.2) is 36.4 Å². The maximum atomic E-state index is 6.28. The van der Waals surface area contributed by atoms with Gasteiger partial charge in [-0.2, -0.15) is 4.58 Å². The van der Waals surface area contributed by atoms with Crippen molar-refractivity contribution in [1.82, 2.24) is 0 Å². The van der Waals surface area contributed by atoms with Crippen molar-refractivity contribution in [3.8, 4) is 11.5 Å². The molecule has 3 heteroatoms. The summed E-state index contributed by atoms with van der Waals surface area (Å²) < 4.78 is 14.0. The van der Waals surface area contributed by atoms with Crippen LogP contribution in [0.4, 0.5) is 5.69 Å². The summed E-state index contributed by atoms with van der Waals surface area (Å²) in [5.41, 5.74) is 4.85. The third-order valence-electron chi connectivity index (χ3n) is 5.45. The van der Waals surface area contributed by atoms with Crippen LogP contribution in [0.25, 0.3) is 0 Å². The van der Waals surface area contributed by atoms with Crippen LogP contribution < -0.4 is 9.47 Å². The highest BCUT2D eigenvalue weighted by atomic mass is 16.5. The van der Waals surface area contributed by atoms with E-state index in [0.29, 0.717) is 12.6 Å². The van der Waals surface area contributed by atoms with Gasteiger partial charge in [0.25, 0.3) is 6.73 Å². The second-order valence-corrected chi connectivity index (χ2v) is 7.92. The van der Waals surface area contributed by atoms with Crippen LogP contribution in [0.2, 0.25) is 0 Å². The molecule has 3 nitrogen and oxygen atoms in total. The van der Waals surface area contributed by atoms with E-state index in [-0.39, 0.29) is 5.41 Å². The van der Waals surface area contributed by atoms with Gasteiger partial charge in [-0.1, -0.05) is 52.8 Å². The van der Waals surface area contributed by atoms with Gasteiger partial charge in [0.15, 0.2) is 6.21 Å². The van der Waals surface area contributed by atoms with Crippen molar-refractivity contribution >= 4 is 11.9 Å². The Morgan fingerprint density at radius 3 is 2.58 bits per heavy atom. The largest absolute Gasteiger partial charge is 0.497 e. The van der Waals surface area contributed by atoms with E-state index in [1.165, 1.54) is 16.8 Å². The van der Waals surface area contributed by atoms with Gasteiger partial charge in [-0.25, -0.2) is 0 Å². The third-order valence-corrected chi connectivity index (χ3v) is 5.45. The molecule has 0 aliphatic carbocycles. The molecular weight excluding hydrogens is 322 g/mol. The summed E-state index contributed by atoms with van der Waals surface area (Å²) in [6.07, 6.45) is 3.23. The fourth-order valence-electron chi connectivity index (χ4n) is 3.41. The summed E-state index contributed by atoms with van der Waals surface area (Å²) in [7, 11) is 1.72. The SMILES string of the molecule is CCC(C)(C)c1cc(OC)cc2c1OC[N+](c1ccccc1C(C)C)=C2. The van der Waals surface area contributed by atoms with Gasteiger partial charge in [0.2, 0.25) is 5.69 Å². The van der Waals surface area contributed by atoms with Crippen molar-refractivity contribution in [2.45, 2.75) is 52.4 Å². The maximum Gasteiger partial charge on any atom is 0.292 e. The molecule has 0 N–H and O–H groups in total. The molecule has 26 heavy (non-hydrogen) atoms. The van der Waals surface area contributed by atoms with Crippen LogP contribution in [0.1, 0.15) is 63.6 Å². The number of hydrogen-bond donors (Lipinski definition) is 0. The normalized spacial score (nSPS) is 13.9. The van der Waals surface area contributed by atoms with E-state index in [4.69, 9.17) is 9.47 Å². The Hall–Kier alpha value is -2.29. The first-order valence-electron chi connectivity index (χ1n) is 9.43. The number of benzene rings is 2. The van der Waals surface area contributed by atoms with Crippen LogP contribution >= 0.6 is 0 Å². The highest BCUT2D eigenvalue weighted by Gasteiger charge is 2.30. The predicted octanol–water partition coefficient (Wildman–Crippen LogP) is 5.62. The zero-order chi connectivity index (χ0) is 18.9. The van der Waals surface area contributed by atoms with Gasteiger partial charge in [0.05, 0.1) is 12.7 Å². The van der Waals surface area contributed by atoms with Gasteiger partial charge in [-0.15, -0.1) is 0 Å². The smallest absolute Gasteiger partial charge is 0.292 e. The van der Waals surface area contributed by atoms with E-state index in [9.17, 15) is 0 Å². The van der Waals surface area contributed by atoms with E-state index in [1.807, 2.05) is 0 Å². The Morgan fingerprint density at radius 2 is 1.92 bits per heavy atom. The molecule has 138 valence electrons. The molecule has 0 unspecified atom stereocenters. The van der Waals surface area contributed by atoms with Crippen LogP contribution in [0.5, 0.6) is 11.5 Å². The molecule has 2 aromatic rings. The molecule has 1 heterocycles. The maximum absolute atomic E-state index is 6.28. The minimum atomic E-state index is 0.0322. The average Bonchev–Trinajstić information content (AvgIpc) is 2.66. The Labute approximate surface area is 157 Å². The number of methoxy groups -OCH3 is 1. The lowest BCUT2D eigenvalue weighted by molar-refractivity contribution is -0.476. The summed E-state index contributed by atoms with van der Waals surface area (Å²) in [4.78, 5) is 0. The lowest BCUT2D eigenvalue weighted by Gasteiger charge is -2.28. The van der Waals surface area contributed by atoms with E-state index in [2.05, 4.69) is 81.8 Å². The monoisotopic (exact) mass is 352 g/mol. The van der Waals surface area contributed by atoms with Gasteiger partial charge in [0, 0.05) is 17.2 Å². The summed E-state index contributed by atoms with van der Waals surface area (Å²) in [5.74, 6) is 2.32. The van der Waals surface area contributed by atoms with Gasteiger partial charge in [-0.3, -0.25) is 0 Å². The standard InChI is InChI=1S/C23H30NO2/c1-7-23(4,5)20-13-18(25-6)12-17-14-24(15-26-22(17)20)21-11-9-8-10-19(21)16(2)3/h8-14,16H,7,15H2,1-6H3/q+1. The predicted molar refractivity (Wildman–Crippen MR) is 107 cm³/mol. The first-order valence-corrected chi connectivity index (χ1v) is 9.43. The van der Waals surface area contributed by atoms with Crippen molar-refractivity contribution in [3.05, 3.63) is 53.1 Å². The van der Waals surface area contributed by atoms with Crippen molar-refractivity contribution in [3.63, 3.8) is 0 Å². The third kappa shape index (κ3) is 3.35. The number of fused-ring (bicyclic) bond motifs is 1. The molecule has 0 saturated carbocycles. The van der Waals surface area contributed by atoms with E-state index < -0.39 is 0 Å². The fraction of sp³-hybridized carbons (Fsp3) is 0.435. The molecular formula is C23H30NO2+. The summed E-state index contributed by atoms with van der Waals surface area (Å²) in [6, 6.07) is 12.7. The molecule has 3 rings (SSSR count). The lowest BCUT2D eigenvalue weighted by atomic mass is 9.80. The van der Waals surface area contributed by atoms with Crippen molar-refractivity contribution in [2.75, 3.05) is 13.8 Å². The summed E-state index contributed by atoms with van der Waals surface area (Å²) >= 11 is 0. The molecule has 1 aliphatic rings. The zero-order valence-electron chi connectivity index (χ0n) is 16.8. The second kappa shape index (κ2) is 7.14. The van der Waals surface area contributed by atoms with Gasteiger partial charge in [0.1, 0.15) is 11.5 Å². The molecule has 2 aromatic carbocycles. The highest BCUT2D eigenvalue weighted by molar-refractivity contribution is 5.84. The Kier molecular flexibility index (Phi) is 5.08. The first-order chi connectivity index (χ1) is 12.4. The molecule has 0 fully saturated rings. The Balaban J connectivity index is 2.15. The second-order valence-electron chi connectivity index (χ2n) is 7.92. The minimum Gasteiger partial charge on any atom is -0.497 e. The van der Waals surface area contributed by atoms with E-state index >= 15 is 0 Å². The molecule has 1 aliphatic heterocycles. The van der Waals surface area contributed by atoms with Gasteiger partial charge < -0.3 is 9.47 Å². The number of ether oxygens (including phenoxy) is 2. The minimum absolute atomic E-state index is 0.0322.